The molecule has 12 rings (SSSR count). The van der Waals surface area contributed by atoms with E-state index in [0.717, 1.165) is 22.7 Å². The van der Waals surface area contributed by atoms with Crippen LogP contribution in [0.5, 0.6) is 0 Å². The zero-order valence-electron chi connectivity index (χ0n) is 35.3. The van der Waals surface area contributed by atoms with E-state index in [1.807, 2.05) is 11.3 Å². The zero-order chi connectivity index (χ0) is 42.6. The number of nitrogens with zero attached hydrogens (tertiary/aromatic N) is 2. The van der Waals surface area contributed by atoms with Gasteiger partial charge in [-0.05, 0) is 118 Å². The topological polar surface area (TPSA) is 8.17 Å². The van der Waals surface area contributed by atoms with Gasteiger partial charge in [-0.25, -0.2) is 0 Å². The van der Waals surface area contributed by atoms with E-state index in [2.05, 4.69) is 253 Å². The molecule has 12 aromatic rings. The molecule has 0 aliphatic carbocycles. The van der Waals surface area contributed by atoms with Gasteiger partial charge >= 0.3 is 0 Å². The predicted molar refractivity (Wildman–Crippen MR) is 275 cm³/mol. The minimum absolute atomic E-state index is 1.09. The SMILES string of the molecule is Cc1cc(N(c2ccc(-c3ccccc3)c(-c3ccccc3)c2)c2cc(-c3cccc(-n4c5ccccc5c5ccccc54)c3)c3sc4ccccc4c3c2)ccc1-c1ccccc1. The number of rotatable bonds is 8. The summed E-state index contributed by atoms with van der Waals surface area (Å²) in [4.78, 5) is 2.47. The molecule has 0 atom stereocenters. The van der Waals surface area contributed by atoms with Crippen LogP contribution in [0.4, 0.5) is 17.1 Å². The average Bonchev–Trinajstić information content (AvgIpc) is 3.91. The highest BCUT2D eigenvalue weighted by Gasteiger charge is 2.22. The molecule has 64 heavy (non-hydrogen) atoms. The van der Waals surface area contributed by atoms with Crippen LogP contribution in [0.25, 0.3) is 92.2 Å². The predicted octanol–water partition coefficient (Wildman–Crippen LogP) is 17.6. The van der Waals surface area contributed by atoms with E-state index in [4.69, 9.17) is 0 Å². The number of hydrogen-bond donors (Lipinski definition) is 0. The van der Waals surface area contributed by atoms with Crippen molar-refractivity contribution in [1.29, 1.82) is 0 Å². The van der Waals surface area contributed by atoms with E-state index >= 15 is 0 Å². The number of thiophene rings is 1. The Labute approximate surface area is 377 Å². The fourth-order valence-corrected chi connectivity index (χ4v) is 11.0. The Kier molecular flexibility index (Phi) is 9.28. The second-order valence-electron chi connectivity index (χ2n) is 16.6. The lowest BCUT2D eigenvalue weighted by Crippen LogP contribution is -2.11. The van der Waals surface area contributed by atoms with E-state index in [1.54, 1.807) is 0 Å². The van der Waals surface area contributed by atoms with Gasteiger partial charge in [0.25, 0.3) is 0 Å². The van der Waals surface area contributed by atoms with Gasteiger partial charge in [-0.2, -0.15) is 0 Å². The van der Waals surface area contributed by atoms with Gasteiger partial charge in [0.15, 0.2) is 0 Å². The van der Waals surface area contributed by atoms with Gasteiger partial charge in [-0.3, -0.25) is 0 Å². The van der Waals surface area contributed by atoms with Crippen molar-refractivity contribution in [3.63, 3.8) is 0 Å². The van der Waals surface area contributed by atoms with Crippen molar-refractivity contribution in [2.45, 2.75) is 6.92 Å². The molecule has 0 unspecified atom stereocenters. The number of aryl methyl sites for hydroxylation is 1. The number of aromatic nitrogens is 1. The summed E-state index contributed by atoms with van der Waals surface area (Å²) in [7, 11) is 0. The maximum Gasteiger partial charge on any atom is 0.0541 e. The van der Waals surface area contributed by atoms with Crippen molar-refractivity contribution in [3.05, 3.63) is 242 Å². The van der Waals surface area contributed by atoms with Crippen LogP contribution >= 0.6 is 11.3 Å². The van der Waals surface area contributed by atoms with Crippen LogP contribution in [0.3, 0.4) is 0 Å². The molecule has 2 heterocycles. The standard InChI is InChI=1S/C61H42N2S/c1-41-36-47(32-34-50(41)42-18-5-2-6-19-42)62(48-33-35-51(43-20-7-3-8-21-43)55(38-48)44-22-9-4-10-23-44)49-39-56(61-57(40-49)54-28-13-16-31-60(54)64-61)45-24-17-25-46(37-45)63-58-29-14-11-26-52(58)53-27-12-15-30-59(53)63/h2-40H,1H3. The molecule has 0 aliphatic rings. The van der Waals surface area contributed by atoms with Crippen LogP contribution in [0.15, 0.2) is 237 Å². The molecular formula is C61H42N2S. The molecule has 0 fully saturated rings. The summed E-state index contributed by atoms with van der Waals surface area (Å²) in [5, 5.41) is 5.04. The fourth-order valence-electron chi connectivity index (χ4n) is 9.74. The molecule has 0 radical (unpaired) electrons. The molecule has 2 aromatic heterocycles. The van der Waals surface area contributed by atoms with Crippen LogP contribution in [0, 0.1) is 6.92 Å². The molecule has 0 amide bonds. The van der Waals surface area contributed by atoms with Crippen LogP contribution < -0.4 is 4.90 Å². The maximum atomic E-state index is 2.47. The van der Waals surface area contributed by atoms with Gasteiger partial charge in [0.05, 0.1) is 11.0 Å². The second kappa shape index (κ2) is 15.7. The molecule has 0 bridgehead atoms. The molecule has 3 heteroatoms. The van der Waals surface area contributed by atoms with Crippen LogP contribution in [0.2, 0.25) is 0 Å². The van der Waals surface area contributed by atoms with Crippen molar-refractivity contribution in [2.24, 2.45) is 0 Å². The van der Waals surface area contributed by atoms with Crippen LogP contribution in [-0.2, 0) is 0 Å². The quantitative estimate of drug-likeness (QED) is 0.148. The van der Waals surface area contributed by atoms with Crippen molar-refractivity contribution >= 4 is 70.4 Å². The summed E-state index contributed by atoms with van der Waals surface area (Å²) >= 11 is 1.88. The van der Waals surface area contributed by atoms with Gasteiger partial charge in [0.2, 0.25) is 0 Å². The van der Waals surface area contributed by atoms with Crippen molar-refractivity contribution < 1.29 is 0 Å². The monoisotopic (exact) mass is 834 g/mol. The molecule has 302 valence electrons. The van der Waals surface area contributed by atoms with Gasteiger partial charge < -0.3 is 9.47 Å². The Balaban J connectivity index is 1.11. The van der Waals surface area contributed by atoms with Crippen LogP contribution in [-0.4, -0.2) is 4.57 Å². The highest BCUT2D eigenvalue weighted by molar-refractivity contribution is 7.26. The van der Waals surface area contributed by atoms with Gasteiger partial charge in [0.1, 0.15) is 0 Å². The Bertz CT molecular complexity index is 3620. The first-order valence-corrected chi connectivity index (χ1v) is 22.7. The van der Waals surface area contributed by atoms with Gasteiger partial charge in [0, 0.05) is 59.3 Å². The Morgan fingerprint density at radius 1 is 0.344 bits per heavy atom. The lowest BCUT2D eigenvalue weighted by molar-refractivity contribution is 1.18. The van der Waals surface area contributed by atoms with E-state index < -0.39 is 0 Å². The molecule has 2 nitrogen and oxygen atoms in total. The third-order valence-electron chi connectivity index (χ3n) is 12.7. The zero-order valence-corrected chi connectivity index (χ0v) is 36.1. The lowest BCUT2D eigenvalue weighted by atomic mass is 9.93. The van der Waals surface area contributed by atoms with Crippen molar-refractivity contribution in [2.75, 3.05) is 4.90 Å². The third-order valence-corrected chi connectivity index (χ3v) is 13.9. The van der Waals surface area contributed by atoms with Gasteiger partial charge in [-0.1, -0.05) is 170 Å². The van der Waals surface area contributed by atoms with E-state index in [0.29, 0.717) is 0 Å². The molecule has 0 aliphatic heterocycles. The molecule has 0 saturated carbocycles. The molecule has 0 saturated heterocycles. The van der Waals surface area contributed by atoms with E-state index in [1.165, 1.54) is 92.0 Å². The van der Waals surface area contributed by atoms with E-state index in [-0.39, 0.29) is 0 Å². The normalized spacial score (nSPS) is 11.5. The third kappa shape index (κ3) is 6.49. The smallest absolute Gasteiger partial charge is 0.0541 e. The average molecular weight is 835 g/mol. The first-order valence-electron chi connectivity index (χ1n) is 21.9. The number of anilines is 3. The highest BCUT2D eigenvalue weighted by Crippen LogP contribution is 2.48. The number of para-hydroxylation sites is 2. The maximum absolute atomic E-state index is 2.47. The van der Waals surface area contributed by atoms with Crippen LogP contribution in [0.1, 0.15) is 5.56 Å². The Morgan fingerprint density at radius 3 is 1.52 bits per heavy atom. The van der Waals surface area contributed by atoms with E-state index in [9.17, 15) is 0 Å². The second-order valence-corrected chi connectivity index (χ2v) is 17.6. The number of benzene rings is 10. The molecule has 0 N–H and O–H groups in total. The number of fused-ring (bicyclic) bond motifs is 6. The summed E-state index contributed by atoms with van der Waals surface area (Å²) in [5.74, 6) is 0. The van der Waals surface area contributed by atoms with Crippen molar-refractivity contribution in [1.82, 2.24) is 4.57 Å². The summed E-state index contributed by atoms with van der Waals surface area (Å²) in [5.41, 5.74) is 17.7. The summed E-state index contributed by atoms with van der Waals surface area (Å²) in [6.07, 6.45) is 0. The molecule has 0 spiro atoms. The summed E-state index contributed by atoms with van der Waals surface area (Å²) in [6, 6.07) is 86.6. The summed E-state index contributed by atoms with van der Waals surface area (Å²) in [6.45, 7) is 2.24. The highest BCUT2D eigenvalue weighted by atomic mass is 32.1. The Morgan fingerprint density at radius 2 is 0.859 bits per heavy atom. The first kappa shape index (κ1) is 37.8. The van der Waals surface area contributed by atoms with Gasteiger partial charge in [-0.15, -0.1) is 11.3 Å². The largest absolute Gasteiger partial charge is 0.310 e. The molecule has 10 aromatic carbocycles. The lowest BCUT2D eigenvalue weighted by Gasteiger charge is -2.28. The minimum atomic E-state index is 1.09. The fraction of sp³-hybridized carbons (Fsp3) is 0.0164. The number of hydrogen-bond acceptors (Lipinski definition) is 2. The minimum Gasteiger partial charge on any atom is -0.310 e. The first-order chi connectivity index (χ1) is 31.7. The Hall–Kier alpha value is -7.98. The van der Waals surface area contributed by atoms with Crippen molar-refractivity contribution in [3.8, 4) is 50.2 Å². The molecular weight excluding hydrogens is 793 g/mol. The summed E-state index contributed by atoms with van der Waals surface area (Å²) < 4.78 is 4.98.